The van der Waals surface area contributed by atoms with E-state index in [2.05, 4.69) is 223 Å². The number of benzene rings is 9. The van der Waals surface area contributed by atoms with Gasteiger partial charge in [0.2, 0.25) is 0 Å². The smallest absolute Gasteiger partial charge is 0.253 e. The fourth-order valence-corrected chi connectivity index (χ4v) is 16.2. The molecule has 12 rings (SSSR count). The summed E-state index contributed by atoms with van der Waals surface area (Å²) in [6.07, 6.45) is 0. The molecule has 59 heavy (non-hydrogen) atoms. The molecule has 5 heteroatoms. The zero-order valence-electron chi connectivity index (χ0n) is 32.1. The zero-order valence-corrected chi connectivity index (χ0v) is 33.9. The van der Waals surface area contributed by atoms with Gasteiger partial charge in [0.1, 0.15) is 11.5 Å². The highest BCUT2D eigenvalue weighted by Crippen LogP contribution is 2.43. The Morgan fingerprint density at radius 3 is 1.56 bits per heavy atom. The molecule has 0 spiro atoms. The van der Waals surface area contributed by atoms with Crippen LogP contribution in [0, 0.1) is 0 Å². The molecule has 9 aromatic carbocycles. The van der Waals surface area contributed by atoms with E-state index in [0.29, 0.717) is 0 Å². The van der Waals surface area contributed by atoms with Gasteiger partial charge >= 0.3 is 0 Å². The van der Waals surface area contributed by atoms with Crippen LogP contribution in [0.25, 0.3) is 22.3 Å². The Bertz CT molecular complexity index is 2920. The first kappa shape index (κ1) is 34.3. The minimum absolute atomic E-state index is 0.0640. The van der Waals surface area contributed by atoms with E-state index in [9.17, 15) is 0 Å². The van der Waals surface area contributed by atoms with Gasteiger partial charge in [-0.15, -0.1) is 0 Å². The zero-order chi connectivity index (χ0) is 38.9. The molecule has 276 valence electrons. The molecule has 9 aromatic rings. The van der Waals surface area contributed by atoms with E-state index in [1.165, 1.54) is 80.6 Å². The SMILES string of the molecule is c1ccc(-c2ccc3c(c2)[Si](c2ccccc2)(c2ccccc2)c2cc(-c4ccccc4)ccc2N3c2ccc3c(c2)B2c4ccccc4Sc4cccc(c42)O3)cc1. The molecule has 3 aliphatic rings. The molecule has 0 unspecified atom stereocenters. The molecular formula is C54H36BNOSSi. The van der Waals surface area contributed by atoms with Crippen LogP contribution in [-0.4, -0.2) is 14.8 Å². The third kappa shape index (κ3) is 5.28. The van der Waals surface area contributed by atoms with Crippen molar-refractivity contribution in [2.75, 3.05) is 4.90 Å². The van der Waals surface area contributed by atoms with Crippen molar-refractivity contribution >= 4 is 80.7 Å². The van der Waals surface area contributed by atoms with Gasteiger partial charge in [0.05, 0.1) is 0 Å². The van der Waals surface area contributed by atoms with Gasteiger partial charge in [0.15, 0.2) is 8.07 Å². The third-order valence-corrected chi connectivity index (χ3v) is 18.4. The quantitative estimate of drug-likeness (QED) is 0.162. The molecule has 0 fully saturated rings. The fraction of sp³-hybridized carbons (Fsp3) is 0. The predicted octanol–water partition coefficient (Wildman–Crippen LogP) is 9.27. The molecule has 0 radical (unpaired) electrons. The van der Waals surface area contributed by atoms with Crippen LogP contribution in [0.5, 0.6) is 11.5 Å². The van der Waals surface area contributed by atoms with Gasteiger partial charge in [-0.1, -0.05) is 187 Å². The molecule has 0 saturated heterocycles. The number of fused-ring (bicyclic) bond motifs is 6. The Hall–Kier alpha value is -6.79. The van der Waals surface area contributed by atoms with Gasteiger partial charge in [-0.05, 0) is 102 Å². The van der Waals surface area contributed by atoms with Gasteiger partial charge in [-0.2, -0.15) is 0 Å². The third-order valence-electron chi connectivity index (χ3n) is 12.5. The molecule has 0 amide bonds. The molecule has 3 heterocycles. The molecule has 0 N–H and O–H groups in total. The second kappa shape index (κ2) is 13.7. The number of rotatable bonds is 5. The second-order valence-corrected chi connectivity index (χ2v) is 20.4. The van der Waals surface area contributed by atoms with Gasteiger partial charge < -0.3 is 9.64 Å². The van der Waals surface area contributed by atoms with Gasteiger partial charge in [-0.25, -0.2) is 0 Å². The summed E-state index contributed by atoms with van der Waals surface area (Å²) < 4.78 is 6.77. The molecule has 0 saturated carbocycles. The first-order valence-electron chi connectivity index (χ1n) is 20.3. The molecule has 0 aliphatic carbocycles. The summed E-state index contributed by atoms with van der Waals surface area (Å²) in [7, 11) is -2.99. The van der Waals surface area contributed by atoms with Crippen LogP contribution in [0.4, 0.5) is 17.1 Å². The topological polar surface area (TPSA) is 12.5 Å². The average Bonchev–Trinajstić information content (AvgIpc) is 3.31. The van der Waals surface area contributed by atoms with Crippen molar-refractivity contribution in [3.63, 3.8) is 0 Å². The maximum Gasteiger partial charge on any atom is 0.253 e. The minimum atomic E-state index is -2.99. The maximum atomic E-state index is 6.77. The van der Waals surface area contributed by atoms with Crippen LogP contribution in [0.1, 0.15) is 0 Å². The van der Waals surface area contributed by atoms with E-state index in [1.54, 1.807) is 0 Å². The summed E-state index contributed by atoms with van der Waals surface area (Å²) in [4.78, 5) is 5.10. The van der Waals surface area contributed by atoms with Gasteiger partial charge in [0, 0.05) is 26.9 Å². The lowest BCUT2D eigenvalue weighted by atomic mass is 9.35. The van der Waals surface area contributed by atoms with Gasteiger partial charge in [-0.3, -0.25) is 0 Å². The van der Waals surface area contributed by atoms with Crippen molar-refractivity contribution in [3.05, 3.63) is 218 Å². The minimum Gasteiger partial charge on any atom is -0.458 e. The standard InChI is InChI=1S/C54H36BNOSSi/c1-5-16-37(17-6-1)39-28-31-46-52(34-39)59(42-20-9-3-10-21-42,43-22-11-4-12-23-43)53-35-40(38-18-7-2-8-19-38)29-32-47(53)56(46)41-30-33-48-45(36-41)55-44-24-13-14-26-50(44)58-51-27-15-25-49(57-48)54(51)55/h1-36H. The van der Waals surface area contributed by atoms with Crippen molar-refractivity contribution in [1.82, 2.24) is 0 Å². The summed E-state index contributed by atoms with van der Waals surface area (Å²) in [5.41, 5.74) is 12.2. The van der Waals surface area contributed by atoms with Crippen molar-refractivity contribution < 1.29 is 4.74 Å². The second-order valence-electron chi connectivity index (χ2n) is 15.6. The first-order chi connectivity index (χ1) is 29.3. The molecule has 0 aromatic heterocycles. The molecule has 3 aliphatic heterocycles. The van der Waals surface area contributed by atoms with Crippen LogP contribution in [0.15, 0.2) is 228 Å². The summed E-state index contributed by atoms with van der Waals surface area (Å²) in [6, 6.07) is 81.0. The predicted molar refractivity (Wildman–Crippen MR) is 251 cm³/mol. The van der Waals surface area contributed by atoms with Crippen LogP contribution < -0.4 is 46.8 Å². The van der Waals surface area contributed by atoms with Crippen molar-refractivity contribution in [2.45, 2.75) is 9.79 Å². The maximum absolute atomic E-state index is 6.77. The largest absolute Gasteiger partial charge is 0.458 e. The Balaban J connectivity index is 1.17. The Kier molecular flexibility index (Phi) is 7.94. The van der Waals surface area contributed by atoms with Crippen molar-refractivity contribution in [2.24, 2.45) is 0 Å². The lowest BCUT2D eigenvalue weighted by Crippen LogP contribution is -2.77. The van der Waals surface area contributed by atoms with Crippen LogP contribution >= 0.6 is 11.8 Å². The summed E-state index contributed by atoms with van der Waals surface area (Å²) >= 11 is 1.85. The molecular weight excluding hydrogens is 750 g/mol. The van der Waals surface area contributed by atoms with E-state index >= 15 is 0 Å². The number of hydrogen-bond donors (Lipinski definition) is 0. The number of anilines is 3. The number of ether oxygens (including phenoxy) is 1. The van der Waals surface area contributed by atoms with E-state index in [4.69, 9.17) is 4.74 Å². The van der Waals surface area contributed by atoms with E-state index < -0.39 is 8.07 Å². The Labute approximate surface area is 350 Å². The van der Waals surface area contributed by atoms with E-state index in [1.807, 2.05) is 11.8 Å². The lowest BCUT2D eigenvalue weighted by molar-refractivity contribution is 0.486. The fourth-order valence-electron chi connectivity index (χ4n) is 9.91. The highest BCUT2D eigenvalue weighted by Gasteiger charge is 2.49. The summed E-state index contributed by atoms with van der Waals surface area (Å²) in [5.74, 6) is 1.87. The average molecular weight is 786 g/mol. The van der Waals surface area contributed by atoms with Crippen molar-refractivity contribution in [3.8, 4) is 33.8 Å². The van der Waals surface area contributed by atoms with Crippen molar-refractivity contribution in [1.29, 1.82) is 0 Å². The van der Waals surface area contributed by atoms with Gasteiger partial charge in [0.25, 0.3) is 6.71 Å². The monoisotopic (exact) mass is 785 g/mol. The van der Waals surface area contributed by atoms with Crippen LogP contribution in [0.2, 0.25) is 0 Å². The summed E-state index contributed by atoms with van der Waals surface area (Å²) in [6.45, 7) is 0.0640. The highest BCUT2D eigenvalue weighted by molar-refractivity contribution is 8.00. The number of nitrogens with zero attached hydrogens (tertiary/aromatic N) is 1. The lowest BCUT2D eigenvalue weighted by Gasteiger charge is -2.45. The highest BCUT2D eigenvalue weighted by atomic mass is 32.2. The van der Waals surface area contributed by atoms with Crippen LogP contribution in [-0.2, 0) is 0 Å². The van der Waals surface area contributed by atoms with E-state index in [-0.39, 0.29) is 6.71 Å². The summed E-state index contributed by atoms with van der Waals surface area (Å²) in [5, 5.41) is 5.47. The Morgan fingerprint density at radius 1 is 0.407 bits per heavy atom. The first-order valence-corrected chi connectivity index (χ1v) is 23.1. The molecule has 0 atom stereocenters. The number of hydrogen-bond acceptors (Lipinski definition) is 3. The van der Waals surface area contributed by atoms with E-state index in [0.717, 1.165) is 17.2 Å². The Morgan fingerprint density at radius 2 is 0.949 bits per heavy atom. The molecule has 0 bridgehead atoms. The molecule has 2 nitrogen and oxygen atoms in total. The van der Waals surface area contributed by atoms with Crippen LogP contribution in [0.3, 0.4) is 0 Å². The normalized spacial score (nSPS) is 13.9.